The van der Waals surface area contributed by atoms with E-state index in [-0.39, 0.29) is 11.4 Å². The number of fused-ring (bicyclic) bond motifs is 1. The summed E-state index contributed by atoms with van der Waals surface area (Å²) < 4.78 is 0. The molecule has 1 aromatic carbocycles. The summed E-state index contributed by atoms with van der Waals surface area (Å²) in [7, 11) is 0. The summed E-state index contributed by atoms with van der Waals surface area (Å²) in [5.41, 5.74) is 0.682. The molecule has 3 aromatic rings. The number of para-hydroxylation sites is 1. The van der Waals surface area contributed by atoms with Crippen LogP contribution in [0.2, 0.25) is 0 Å². The molecule has 2 aromatic heterocycles. The van der Waals surface area contributed by atoms with Crippen molar-refractivity contribution < 1.29 is 15.0 Å². The number of aromatic nitrogens is 2. The summed E-state index contributed by atoms with van der Waals surface area (Å²) in [6, 6.07) is 9.83. The van der Waals surface area contributed by atoms with Gasteiger partial charge < -0.3 is 15.5 Å². The van der Waals surface area contributed by atoms with Gasteiger partial charge in [-0.05, 0) is 24.3 Å². The van der Waals surface area contributed by atoms with Crippen molar-refractivity contribution in [1.82, 2.24) is 9.97 Å². The van der Waals surface area contributed by atoms with E-state index in [1.807, 2.05) is 0 Å². The predicted molar refractivity (Wildman–Crippen MR) is 77.3 cm³/mol. The van der Waals surface area contributed by atoms with Gasteiger partial charge in [0.25, 0.3) is 5.91 Å². The average Bonchev–Trinajstić information content (AvgIpc) is 2.52. The lowest BCUT2D eigenvalue weighted by Crippen LogP contribution is -2.12. The molecule has 3 rings (SSSR count). The minimum absolute atomic E-state index is 0.115. The smallest absolute Gasteiger partial charge is 0.256 e. The highest BCUT2D eigenvalue weighted by Gasteiger charge is 2.17. The number of aromatic hydroxyl groups is 2. The van der Waals surface area contributed by atoms with E-state index in [1.165, 1.54) is 24.5 Å². The Balaban J connectivity index is 2.03. The largest absolute Gasteiger partial charge is 0.505 e. The van der Waals surface area contributed by atoms with Gasteiger partial charge in [-0.1, -0.05) is 12.1 Å². The lowest BCUT2D eigenvalue weighted by Gasteiger charge is -2.10. The lowest BCUT2D eigenvalue weighted by molar-refractivity contribution is 0.102. The first-order valence-corrected chi connectivity index (χ1v) is 6.19. The summed E-state index contributed by atoms with van der Waals surface area (Å²) in [6.45, 7) is 0. The summed E-state index contributed by atoms with van der Waals surface area (Å²) >= 11 is 0. The van der Waals surface area contributed by atoms with E-state index in [0.29, 0.717) is 16.5 Å². The molecule has 6 heteroatoms. The van der Waals surface area contributed by atoms with Gasteiger partial charge in [0.1, 0.15) is 5.69 Å². The van der Waals surface area contributed by atoms with Gasteiger partial charge in [-0.2, -0.15) is 0 Å². The Bertz CT molecular complexity index is 819. The van der Waals surface area contributed by atoms with Crippen LogP contribution in [0, 0.1) is 0 Å². The van der Waals surface area contributed by atoms with E-state index in [2.05, 4.69) is 15.3 Å². The fourth-order valence-corrected chi connectivity index (χ4v) is 1.99. The van der Waals surface area contributed by atoms with Crippen LogP contribution in [0.25, 0.3) is 10.9 Å². The van der Waals surface area contributed by atoms with Crippen LogP contribution >= 0.6 is 0 Å². The second-order valence-corrected chi connectivity index (χ2v) is 4.37. The minimum atomic E-state index is -0.472. The molecule has 0 aliphatic rings. The van der Waals surface area contributed by atoms with Gasteiger partial charge in [-0.3, -0.25) is 9.78 Å². The predicted octanol–water partition coefficient (Wildman–Crippen LogP) is 2.29. The first-order valence-electron chi connectivity index (χ1n) is 6.19. The van der Waals surface area contributed by atoms with Crippen molar-refractivity contribution in [1.29, 1.82) is 0 Å². The van der Waals surface area contributed by atoms with Gasteiger partial charge in [0.05, 0.1) is 5.52 Å². The molecule has 0 saturated carbocycles. The van der Waals surface area contributed by atoms with Gasteiger partial charge in [-0.25, -0.2) is 4.98 Å². The maximum Gasteiger partial charge on any atom is 0.256 e. The Morgan fingerprint density at radius 2 is 1.76 bits per heavy atom. The standard InChI is InChI=1S/C15H11N3O3/c19-13-10-3-1-2-4-11(10)17-15(21)12(13)18-14(20)9-5-7-16-8-6-9/h1-8H,(H,18,20)(H2,17,19,21). The van der Waals surface area contributed by atoms with Crippen LogP contribution in [0.15, 0.2) is 48.8 Å². The van der Waals surface area contributed by atoms with Crippen LogP contribution in [-0.4, -0.2) is 26.1 Å². The number of carbonyl (C=O) groups is 1. The van der Waals surface area contributed by atoms with Crippen LogP contribution in [0.1, 0.15) is 10.4 Å². The summed E-state index contributed by atoms with van der Waals surface area (Å²) in [5, 5.41) is 23.0. The molecule has 0 saturated heterocycles. The van der Waals surface area contributed by atoms with Crippen LogP contribution in [0.5, 0.6) is 11.6 Å². The molecule has 0 aliphatic heterocycles. The summed E-state index contributed by atoms with van der Waals surface area (Å²) in [6.07, 6.45) is 2.96. The molecule has 21 heavy (non-hydrogen) atoms. The van der Waals surface area contributed by atoms with Gasteiger partial charge in [0.15, 0.2) is 5.75 Å². The van der Waals surface area contributed by atoms with Gasteiger partial charge in [0, 0.05) is 23.3 Å². The van der Waals surface area contributed by atoms with E-state index in [4.69, 9.17) is 0 Å². The van der Waals surface area contributed by atoms with Gasteiger partial charge in [0.2, 0.25) is 5.88 Å². The quantitative estimate of drug-likeness (QED) is 0.670. The molecule has 0 radical (unpaired) electrons. The monoisotopic (exact) mass is 281 g/mol. The normalized spacial score (nSPS) is 10.5. The number of nitrogens with zero attached hydrogens (tertiary/aromatic N) is 2. The third-order valence-electron chi connectivity index (χ3n) is 3.03. The molecule has 6 nitrogen and oxygen atoms in total. The molecule has 0 spiro atoms. The maximum atomic E-state index is 12.1. The molecule has 0 unspecified atom stereocenters. The fourth-order valence-electron chi connectivity index (χ4n) is 1.99. The lowest BCUT2D eigenvalue weighted by atomic mass is 10.1. The van der Waals surface area contributed by atoms with Crippen LogP contribution in [-0.2, 0) is 0 Å². The highest BCUT2D eigenvalue weighted by Crippen LogP contribution is 2.37. The Labute approximate surface area is 119 Å². The van der Waals surface area contributed by atoms with E-state index in [0.717, 1.165) is 0 Å². The highest BCUT2D eigenvalue weighted by atomic mass is 16.3. The van der Waals surface area contributed by atoms with Crippen LogP contribution in [0.4, 0.5) is 5.69 Å². The van der Waals surface area contributed by atoms with Crippen molar-refractivity contribution in [2.45, 2.75) is 0 Å². The van der Waals surface area contributed by atoms with Gasteiger partial charge in [-0.15, -0.1) is 0 Å². The Morgan fingerprint density at radius 1 is 1.05 bits per heavy atom. The number of rotatable bonds is 2. The Kier molecular flexibility index (Phi) is 3.12. The molecule has 2 heterocycles. The Hall–Kier alpha value is -3.15. The first kappa shape index (κ1) is 12.9. The molecule has 0 atom stereocenters. The van der Waals surface area contributed by atoms with Crippen LogP contribution < -0.4 is 5.32 Å². The highest BCUT2D eigenvalue weighted by molar-refractivity contribution is 6.07. The third kappa shape index (κ3) is 2.34. The fraction of sp³-hybridized carbons (Fsp3) is 0. The number of carbonyl (C=O) groups excluding carboxylic acids is 1. The second-order valence-electron chi connectivity index (χ2n) is 4.37. The summed E-state index contributed by atoms with van der Waals surface area (Å²) in [4.78, 5) is 19.8. The average molecular weight is 281 g/mol. The number of nitrogens with one attached hydrogen (secondary N) is 1. The van der Waals surface area contributed by atoms with E-state index in [1.54, 1.807) is 24.3 Å². The number of pyridine rings is 2. The Morgan fingerprint density at radius 3 is 2.52 bits per heavy atom. The van der Waals surface area contributed by atoms with E-state index in [9.17, 15) is 15.0 Å². The number of benzene rings is 1. The molecular formula is C15H11N3O3. The van der Waals surface area contributed by atoms with Crippen molar-refractivity contribution in [2.24, 2.45) is 0 Å². The zero-order valence-electron chi connectivity index (χ0n) is 10.8. The molecule has 1 amide bonds. The first-order chi connectivity index (χ1) is 10.2. The van der Waals surface area contributed by atoms with E-state index >= 15 is 0 Å². The number of anilines is 1. The summed E-state index contributed by atoms with van der Waals surface area (Å²) in [5.74, 6) is -1.13. The van der Waals surface area contributed by atoms with Gasteiger partial charge >= 0.3 is 0 Å². The van der Waals surface area contributed by atoms with Crippen molar-refractivity contribution in [2.75, 3.05) is 5.32 Å². The van der Waals surface area contributed by atoms with Crippen molar-refractivity contribution in [3.8, 4) is 11.6 Å². The topological polar surface area (TPSA) is 95.3 Å². The maximum absolute atomic E-state index is 12.1. The number of hydrogen-bond acceptors (Lipinski definition) is 5. The molecular weight excluding hydrogens is 270 g/mol. The minimum Gasteiger partial charge on any atom is -0.505 e. The molecule has 0 bridgehead atoms. The zero-order valence-corrected chi connectivity index (χ0v) is 10.8. The van der Waals surface area contributed by atoms with E-state index < -0.39 is 11.8 Å². The zero-order chi connectivity index (χ0) is 14.8. The van der Waals surface area contributed by atoms with Crippen LogP contribution in [0.3, 0.4) is 0 Å². The molecule has 104 valence electrons. The molecule has 0 aliphatic carbocycles. The SMILES string of the molecule is O=C(Nc1c(O)nc2ccccc2c1O)c1ccncc1. The third-order valence-corrected chi connectivity index (χ3v) is 3.03. The molecule has 0 fully saturated rings. The van der Waals surface area contributed by atoms with Crippen molar-refractivity contribution in [3.05, 3.63) is 54.4 Å². The van der Waals surface area contributed by atoms with Crippen molar-refractivity contribution >= 4 is 22.5 Å². The second kappa shape index (κ2) is 5.09. The number of amides is 1. The number of hydrogen-bond donors (Lipinski definition) is 3. The van der Waals surface area contributed by atoms with Crippen molar-refractivity contribution in [3.63, 3.8) is 0 Å². The molecule has 3 N–H and O–H groups in total.